The molecule has 2 aliphatic rings. The number of allylic oxidation sites excluding steroid dienone is 2. The molecule has 0 amide bonds. The highest BCUT2D eigenvalue weighted by Gasteiger charge is 2.76. The van der Waals surface area contributed by atoms with Crippen LogP contribution in [0.4, 0.5) is 26.3 Å². The van der Waals surface area contributed by atoms with E-state index in [1.807, 2.05) is 13.0 Å². The van der Waals surface area contributed by atoms with Crippen LogP contribution in [0.2, 0.25) is 0 Å². The number of alkyl halides is 6. The van der Waals surface area contributed by atoms with E-state index in [0.29, 0.717) is 25.7 Å². The van der Waals surface area contributed by atoms with E-state index >= 15 is 0 Å². The largest absolute Gasteiger partial charge is 0.438 e. The second kappa shape index (κ2) is 7.19. The lowest BCUT2D eigenvalue weighted by molar-refractivity contribution is -0.361. The van der Waals surface area contributed by atoms with Gasteiger partial charge in [0, 0.05) is 0 Å². The predicted molar refractivity (Wildman–Crippen MR) is 84.7 cm³/mol. The molecule has 12 heteroatoms. The van der Waals surface area contributed by atoms with E-state index in [1.165, 1.54) is 0 Å². The van der Waals surface area contributed by atoms with Crippen LogP contribution in [0, 0.1) is 11.3 Å². The molecule has 0 aromatic heterocycles. The fourth-order valence-corrected chi connectivity index (χ4v) is 5.20. The van der Waals surface area contributed by atoms with Crippen molar-refractivity contribution >= 4 is 16.1 Å². The van der Waals surface area contributed by atoms with E-state index in [4.69, 9.17) is 4.55 Å². The summed E-state index contributed by atoms with van der Waals surface area (Å²) in [6.45, 7) is 1.83. The van der Waals surface area contributed by atoms with Crippen LogP contribution in [-0.2, 0) is 19.6 Å². The number of halogens is 6. The Morgan fingerprint density at radius 3 is 2.32 bits per heavy atom. The average molecular weight is 438 g/mol. The van der Waals surface area contributed by atoms with Gasteiger partial charge in [-0.2, -0.15) is 34.8 Å². The Bertz CT molecular complexity index is 740. The van der Waals surface area contributed by atoms with Crippen molar-refractivity contribution in [2.45, 2.75) is 63.4 Å². The molecule has 2 bridgehead atoms. The quantitative estimate of drug-likeness (QED) is 0.301. The third-order valence-corrected chi connectivity index (χ3v) is 5.96. The molecule has 2 atom stereocenters. The van der Waals surface area contributed by atoms with Gasteiger partial charge in [0.2, 0.25) is 0 Å². The van der Waals surface area contributed by atoms with Crippen LogP contribution in [0.3, 0.4) is 0 Å². The van der Waals surface area contributed by atoms with Crippen molar-refractivity contribution in [3.05, 3.63) is 11.6 Å². The summed E-state index contributed by atoms with van der Waals surface area (Å²) in [4.78, 5) is 12.2. The number of esters is 1. The highest BCUT2D eigenvalue weighted by Crippen LogP contribution is 2.52. The fraction of sp³-hybridized carbons (Fsp3) is 0.812. The molecule has 0 heterocycles. The minimum absolute atomic E-state index is 0.00431. The lowest BCUT2D eigenvalue weighted by Crippen LogP contribution is -2.63. The van der Waals surface area contributed by atoms with E-state index < -0.39 is 51.6 Å². The van der Waals surface area contributed by atoms with Gasteiger partial charge in [-0.1, -0.05) is 18.6 Å². The number of rotatable bonds is 5. The minimum atomic E-state index is -6.30. The summed E-state index contributed by atoms with van der Waals surface area (Å²) in [5, 5.41) is 0. The summed E-state index contributed by atoms with van der Waals surface area (Å²) < 4.78 is 114. The Morgan fingerprint density at radius 2 is 1.82 bits per heavy atom. The molecule has 0 spiro atoms. The molecule has 2 rings (SSSR count). The van der Waals surface area contributed by atoms with Gasteiger partial charge in [-0.15, -0.1) is 0 Å². The van der Waals surface area contributed by atoms with Gasteiger partial charge in [-0.05, 0) is 43.4 Å². The van der Waals surface area contributed by atoms with Crippen molar-refractivity contribution in [3.8, 4) is 0 Å². The molecule has 162 valence electrons. The lowest BCUT2D eigenvalue weighted by atomic mass is 9.62. The van der Waals surface area contributed by atoms with Gasteiger partial charge in [0.25, 0.3) is 10.1 Å². The first-order chi connectivity index (χ1) is 12.5. The Morgan fingerprint density at radius 1 is 1.25 bits per heavy atom. The second-order valence-electron chi connectivity index (χ2n) is 7.74. The van der Waals surface area contributed by atoms with Crippen LogP contribution in [0.5, 0.6) is 0 Å². The first-order valence-corrected chi connectivity index (χ1v) is 10.1. The van der Waals surface area contributed by atoms with E-state index in [2.05, 4.69) is 4.74 Å². The molecule has 0 saturated heterocycles. The third kappa shape index (κ3) is 4.81. The number of hydrogen-bond donors (Lipinski definition) is 1. The van der Waals surface area contributed by atoms with Crippen molar-refractivity contribution in [3.63, 3.8) is 0 Å². The molecule has 28 heavy (non-hydrogen) atoms. The number of ether oxygens (including phenoxy) is 1. The zero-order valence-electron chi connectivity index (χ0n) is 14.9. The van der Waals surface area contributed by atoms with E-state index in [9.17, 15) is 39.6 Å². The van der Waals surface area contributed by atoms with Gasteiger partial charge in [0.1, 0.15) is 5.75 Å². The number of hydrogen-bond acceptors (Lipinski definition) is 4. The van der Waals surface area contributed by atoms with Gasteiger partial charge in [-0.3, -0.25) is 9.35 Å². The Kier molecular flexibility index (Phi) is 5.90. The molecule has 1 N–H and O–H groups in total. The minimum Gasteiger partial charge on any atom is -0.438 e. The average Bonchev–Trinajstić information content (AvgIpc) is 2.41. The van der Waals surface area contributed by atoms with Gasteiger partial charge < -0.3 is 4.74 Å². The van der Waals surface area contributed by atoms with Gasteiger partial charge in [-0.25, -0.2) is 0 Å². The van der Waals surface area contributed by atoms with E-state index in [0.717, 1.165) is 12.0 Å². The molecule has 0 aromatic carbocycles. The molecule has 0 radical (unpaired) electrons. The molecular formula is C16H20F6O5S. The third-order valence-electron chi connectivity index (χ3n) is 5.19. The number of fused-ring (bicyclic) bond motifs is 2. The van der Waals surface area contributed by atoms with Crippen LogP contribution in [0.25, 0.3) is 0 Å². The second-order valence-corrected chi connectivity index (χ2v) is 9.19. The molecule has 0 aliphatic heterocycles. The smallest absolute Gasteiger partial charge is 0.438 e. The summed E-state index contributed by atoms with van der Waals surface area (Å²) in [5.41, 5.74) is -5.16. The SMILES string of the molecule is CC1C=C2CCCC(CC(=O)OC(CS(=O)(=O)O)(C(F)(F)F)C(F)(F)F)(C2)C1. The molecule has 2 unspecified atom stereocenters. The normalized spacial score (nSPS) is 26.6. The van der Waals surface area contributed by atoms with Crippen molar-refractivity contribution in [1.82, 2.24) is 0 Å². The highest BCUT2D eigenvalue weighted by atomic mass is 32.2. The topological polar surface area (TPSA) is 80.7 Å². The summed E-state index contributed by atoms with van der Waals surface area (Å²) >= 11 is 0. The Labute approximate surface area is 157 Å². The molecule has 5 nitrogen and oxygen atoms in total. The summed E-state index contributed by atoms with van der Waals surface area (Å²) in [6, 6.07) is 0. The Hall–Kier alpha value is -1.30. The first kappa shape index (κ1) is 23.0. The van der Waals surface area contributed by atoms with Crippen LogP contribution in [0.1, 0.15) is 45.4 Å². The van der Waals surface area contributed by atoms with Gasteiger partial charge >= 0.3 is 23.9 Å². The maximum absolute atomic E-state index is 13.3. The fourth-order valence-electron chi connectivity index (χ4n) is 4.30. The molecule has 1 saturated carbocycles. The number of carbonyl (C=O) groups excluding carboxylic acids is 1. The van der Waals surface area contributed by atoms with E-state index in [-0.39, 0.29) is 5.92 Å². The zero-order chi connectivity index (χ0) is 21.6. The maximum atomic E-state index is 13.3. The molecular weight excluding hydrogens is 418 g/mol. The summed E-state index contributed by atoms with van der Waals surface area (Å²) in [7, 11) is -5.78. The number of carbonyl (C=O) groups is 1. The molecule has 1 fully saturated rings. The van der Waals surface area contributed by atoms with Crippen LogP contribution < -0.4 is 0 Å². The predicted octanol–water partition coefficient (Wildman–Crippen LogP) is 4.20. The molecule has 2 aliphatic carbocycles. The van der Waals surface area contributed by atoms with Crippen molar-refractivity contribution in [2.75, 3.05) is 5.75 Å². The van der Waals surface area contributed by atoms with Crippen LogP contribution >= 0.6 is 0 Å². The van der Waals surface area contributed by atoms with Crippen LogP contribution in [0.15, 0.2) is 11.6 Å². The monoisotopic (exact) mass is 438 g/mol. The van der Waals surface area contributed by atoms with Gasteiger partial charge in [0.15, 0.2) is 0 Å². The zero-order valence-corrected chi connectivity index (χ0v) is 15.7. The summed E-state index contributed by atoms with van der Waals surface area (Å²) in [6.07, 6.45) is -8.72. The Balaban J connectivity index is 2.34. The maximum Gasteiger partial charge on any atom is 0.438 e. The van der Waals surface area contributed by atoms with Crippen molar-refractivity contribution < 1.29 is 48.8 Å². The standard InChI is InChI=1S/C16H20F6O5S/c1-10-5-11-3-2-4-13(6-10,7-11)8-12(23)27-14(15(17,18)19,16(20,21)22)9-28(24,25)26/h5,10H,2-4,6-9H2,1H3,(H,24,25,26). The first-order valence-electron chi connectivity index (χ1n) is 8.49. The van der Waals surface area contributed by atoms with Gasteiger partial charge in [0.05, 0.1) is 6.42 Å². The summed E-state index contributed by atoms with van der Waals surface area (Å²) in [5.74, 6) is -4.65. The lowest BCUT2D eigenvalue weighted by Gasteiger charge is -2.44. The van der Waals surface area contributed by atoms with Crippen LogP contribution in [-0.4, -0.2) is 42.6 Å². The highest BCUT2D eigenvalue weighted by molar-refractivity contribution is 7.85. The van der Waals surface area contributed by atoms with E-state index in [1.54, 1.807) is 0 Å². The van der Waals surface area contributed by atoms with Crippen molar-refractivity contribution in [1.29, 1.82) is 0 Å². The van der Waals surface area contributed by atoms with Crippen molar-refractivity contribution in [2.24, 2.45) is 11.3 Å². The molecule has 0 aromatic rings.